The molecule has 0 fully saturated rings. The molecule has 0 radical (unpaired) electrons. The number of carbonyl (C=O) groups excluding carboxylic acids is 4. The fraction of sp³-hybridized carbons (Fsp3) is 0.346. The van der Waals surface area contributed by atoms with Gasteiger partial charge >= 0.3 is 39.3 Å². The number of alkyl carbamates (subject to hydrolysis) is 2. The molecule has 0 bridgehead atoms. The first-order chi connectivity index (χ1) is 34.0. The Morgan fingerprint density at radius 1 is 0.535 bits per heavy atom. The van der Waals surface area contributed by atoms with Crippen LogP contribution in [0, 0.1) is 11.3 Å². The summed E-state index contributed by atoms with van der Waals surface area (Å²) >= 11 is 0. The van der Waals surface area contributed by atoms with Crippen molar-refractivity contribution in [3.05, 3.63) is 179 Å². The number of ether oxygens (including phenoxy) is 4. The fourth-order valence-corrected chi connectivity index (χ4v) is 11.4. The van der Waals surface area contributed by atoms with Crippen LogP contribution >= 0.6 is 15.2 Å². The number of aliphatic hydroxyl groups is 1. The molecule has 3 N–H and O–H groups in total. The number of esters is 2. The number of rotatable bonds is 28. The highest BCUT2D eigenvalue weighted by Gasteiger charge is 2.65. The molecule has 0 spiro atoms. The summed E-state index contributed by atoms with van der Waals surface area (Å²) in [6.45, 7) is 3.08. The zero-order valence-corrected chi connectivity index (χ0v) is 42.0. The molecule has 0 aliphatic heterocycles. The van der Waals surface area contributed by atoms with Gasteiger partial charge in [0.2, 0.25) is 6.79 Å². The summed E-state index contributed by atoms with van der Waals surface area (Å²) in [5.74, 6) is -2.28. The van der Waals surface area contributed by atoms with Gasteiger partial charge in [0.1, 0.15) is 25.9 Å². The van der Waals surface area contributed by atoms with E-state index >= 15 is 9.13 Å². The van der Waals surface area contributed by atoms with Gasteiger partial charge in [-0.15, -0.1) is 0 Å². The molecule has 0 aromatic heterocycles. The van der Waals surface area contributed by atoms with Crippen molar-refractivity contribution in [1.82, 2.24) is 10.6 Å². The van der Waals surface area contributed by atoms with Gasteiger partial charge in [-0.05, 0) is 54.0 Å². The van der Waals surface area contributed by atoms with Crippen LogP contribution in [0.15, 0.2) is 152 Å². The third-order valence-corrected chi connectivity index (χ3v) is 16.3. The number of benzene rings is 5. The topological polar surface area (TPSA) is 221 Å². The second kappa shape index (κ2) is 27.4. The lowest BCUT2D eigenvalue weighted by Gasteiger charge is -2.38. The van der Waals surface area contributed by atoms with E-state index in [9.17, 15) is 24.3 Å². The lowest BCUT2D eigenvalue weighted by Crippen LogP contribution is -2.46. The SMILES string of the molecule is CC(C)[C@H](NC(=O)OCc1ccccc1)C(=O)OCC(C)(C)C(=O)OCOP(=O)(OCc1ccccc1)C(O)(CCCNC(=O)OCc1ccccc1)P(=O)(OCc1ccccc1)OCc1ccccc1. The van der Waals surface area contributed by atoms with Gasteiger partial charge in [0.25, 0.3) is 5.08 Å². The van der Waals surface area contributed by atoms with Gasteiger partial charge in [-0.2, -0.15) is 0 Å². The van der Waals surface area contributed by atoms with Crippen molar-refractivity contribution in [1.29, 1.82) is 0 Å². The summed E-state index contributed by atoms with van der Waals surface area (Å²) in [7, 11) is -10.4. The van der Waals surface area contributed by atoms with Crippen LogP contribution < -0.4 is 10.6 Å². The zero-order valence-electron chi connectivity index (χ0n) is 40.2. The number of amides is 2. The van der Waals surface area contributed by atoms with Crippen LogP contribution in [0.3, 0.4) is 0 Å². The predicted molar refractivity (Wildman–Crippen MR) is 263 cm³/mol. The summed E-state index contributed by atoms with van der Waals surface area (Å²) in [5, 5.41) is 15.0. The van der Waals surface area contributed by atoms with Crippen LogP contribution in [-0.2, 0) is 88.8 Å². The average Bonchev–Trinajstić information content (AvgIpc) is 3.39. The van der Waals surface area contributed by atoms with Crippen LogP contribution in [0.5, 0.6) is 0 Å². The van der Waals surface area contributed by atoms with E-state index in [-0.39, 0.29) is 39.4 Å². The van der Waals surface area contributed by atoms with Crippen molar-refractivity contribution >= 4 is 39.3 Å². The molecule has 19 heteroatoms. The van der Waals surface area contributed by atoms with Gasteiger partial charge in [0.15, 0.2) is 0 Å². The molecule has 3 atom stereocenters. The van der Waals surface area contributed by atoms with Crippen molar-refractivity contribution < 1.29 is 70.5 Å². The van der Waals surface area contributed by atoms with Gasteiger partial charge in [-0.3, -0.25) is 18.4 Å². The van der Waals surface area contributed by atoms with E-state index in [0.717, 1.165) is 11.1 Å². The van der Waals surface area contributed by atoms with Crippen molar-refractivity contribution in [3.8, 4) is 0 Å². The second-order valence-electron chi connectivity index (χ2n) is 17.2. The Bertz CT molecular complexity index is 2470. The molecule has 5 rings (SSSR count). The Morgan fingerprint density at radius 3 is 1.32 bits per heavy atom. The molecule has 0 aliphatic rings. The van der Waals surface area contributed by atoms with Crippen LogP contribution in [0.4, 0.5) is 9.59 Å². The van der Waals surface area contributed by atoms with Gasteiger partial charge in [0.05, 0.1) is 25.2 Å². The predicted octanol–water partition coefficient (Wildman–Crippen LogP) is 10.4. The largest absolute Gasteiger partial charge is 0.463 e. The maximum absolute atomic E-state index is 15.6. The van der Waals surface area contributed by atoms with Crippen molar-refractivity contribution in [2.45, 2.75) is 84.7 Å². The quantitative estimate of drug-likeness (QED) is 0.0139. The molecule has 0 saturated carbocycles. The van der Waals surface area contributed by atoms with Gasteiger partial charge in [-0.1, -0.05) is 166 Å². The van der Waals surface area contributed by atoms with E-state index in [1.165, 1.54) is 13.8 Å². The van der Waals surface area contributed by atoms with Crippen molar-refractivity contribution in [3.63, 3.8) is 0 Å². The normalized spacial score (nSPS) is 13.7. The Kier molecular flexibility index (Phi) is 21.6. The van der Waals surface area contributed by atoms with Crippen LogP contribution in [0.2, 0.25) is 0 Å². The molecule has 5 aromatic carbocycles. The third kappa shape index (κ3) is 17.3. The molecule has 0 aliphatic carbocycles. The minimum Gasteiger partial charge on any atom is -0.463 e. The number of hydrogen-bond acceptors (Lipinski definition) is 15. The standard InChI is InChI=1S/C52H62N2O15P2/c1-40(2)46(54-50(58)63-34-42-23-12-6-13-24-42)47(55)64-38-51(3,4)48(56)65-39-69-71(61,68-37-45-29-18-9-19-30-45)52(59,31-20-32-53-49(57)62-33-41-21-10-5-11-22-41)70(60,66-35-43-25-14-7-15-26-43)67-36-44-27-16-8-17-28-44/h5-19,21-30,40,46,59H,20,31-39H2,1-4H3,(H,53,57)(H,54,58)/t46-,52?,71?/m0/s1. The Hall–Kier alpha value is -6.16. The van der Waals surface area contributed by atoms with Crippen molar-refractivity contribution in [2.75, 3.05) is 19.9 Å². The average molecular weight is 1020 g/mol. The number of nitrogens with one attached hydrogen (secondary N) is 2. The highest BCUT2D eigenvalue weighted by atomic mass is 31.2. The first-order valence-corrected chi connectivity index (χ1v) is 26.0. The minimum atomic E-state index is -5.31. The summed E-state index contributed by atoms with van der Waals surface area (Å²) in [4.78, 5) is 52.4. The Balaban J connectivity index is 1.37. The molecule has 0 saturated heterocycles. The summed E-state index contributed by atoms with van der Waals surface area (Å²) in [6, 6.07) is 42.4. The maximum Gasteiger partial charge on any atom is 0.408 e. The summed E-state index contributed by atoms with van der Waals surface area (Å²) in [6.07, 6.45) is -2.53. The van der Waals surface area contributed by atoms with Gasteiger partial charge in [-0.25, -0.2) is 14.4 Å². The number of carbonyl (C=O) groups is 4. The summed E-state index contributed by atoms with van der Waals surface area (Å²) in [5.41, 5.74) is 1.45. The monoisotopic (exact) mass is 1020 g/mol. The molecule has 2 unspecified atom stereocenters. The van der Waals surface area contributed by atoms with E-state index in [1.807, 2.05) is 12.1 Å². The first-order valence-electron chi connectivity index (χ1n) is 22.9. The van der Waals surface area contributed by atoms with Crippen LogP contribution in [-0.4, -0.2) is 60.3 Å². The lowest BCUT2D eigenvalue weighted by atomic mass is 9.95. The first kappa shape index (κ1) is 55.8. The van der Waals surface area contributed by atoms with E-state index in [4.69, 9.17) is 37.0 Å². The van der Waals surface area contributed by atoms with E-state index in [1.54, 1.807) is 153 Å². The molecule has 17 nitrogen and oxygen atoms in total. The zero-order chi connectivity index (χ0) is 51.2. The molecule has 2 amide bonds. The molecular weight excluding hydrogens is 955 g/mol. The summed E-state index contributed by atoms with van der Waals surface area (Å²) < 4.78 is 76.7. The fourth-order valence-electron chi connectivity index (χ4n) is 6.54. The van der Waals surface area contributed by atoms with Gasteiger partial charge < -0.3 is 48.3 Å². The number of hydrogen-bond donors (Lipinski definition) is 3. The van der Waals surface area contributed by atoms with E-state index < -0.39 is 88.2 Å². The Morgan fingerprint density at radius 2 is 0.915 bits per heavy atom. The molecule has 380 valence electrons. The highest BCUT2D eigenvalue weighted by molar-refractivity contribution is 7.73. The second-order valence-corrected chi connectivity index (χ2v) is 22.1. The van der Waals surface area contributed by atoms with Crippen molar-refractivity contribution in [2.24, 2.45) is 11.3 Å². The Labute approximate surface area is 414 Å². The highest BCUT2D eigenvalue weighted by Crippen LogP contribution is 2.78. The van der Waals surface area contributed by atoms with E-state index in [0.29, 0.717) is 16.7 Å². The van der Waals surface area contributed by atoms with E-state index in [2.05, 4.69) is 10.6 Å². The lowest BCUT2D eigenvalue weighted by molar-refractivity contribution is -0.168. The van der Waals surface area contributed by atoms with Crippen LogP contribution in [0.1, 0.15) is 68.4 Å². The van der Waals surface area contributed by atoms with Crippen LogP contribution in [0.25, 0.3) is 0 Å². The molecule has 0 heterocycles. The molecular formula is C52H62N2O15P2. The smallest absolute Gasteiger partial charge is 0.408 e. The van der Waals surface area contributed by atoms with Gasteiger partial charge in [0, 0.05) is 13.0 Å². The molecule has 71 heavy (non-hydrogen) atoms. The third-order valence-electron chi connectivity index (χ3n) is 10.7. The maximum atomic E-state index is 15.6. The molecule has 5 aromatic rings. The minimum absolute atomic E-state index is 0.0253.